The molecule has 454 valence electrons. The minimum absolute atomic E-state index is 0.0915. The summed E-state index contributed by atoms with van der Waals surface area (Å²) >= 11 is 24.4. The number of cyclic esters (lactones) is 2. The van der Waals surface area contributed by atoms with E-state index in [4.69, 9.17) is 76.7 Å². The molecule has 87 heavy (non-hydrogen) atoms. The second kappa shape index (κ2) is 29.6. The number of carbonyl (C=O) groups excluding carboxylic acids is 3. The molecule has 0 spiro atoms. The molecule has 6 aromatic carbocycles. The summed E-state index contributed by atoms with van der Waals surface area (Å²) in [6.45, 7) is 9.65. The molecule has 0 unspecified atom stereocenters. The van der Waals surface area contributed by atoms with E-state index in [-0.39, 0.29) is 43.1 Å². The highest BCUT2D eigenvalue weighted by atomic mass is 35.5. The number of aromatic carboxylic acids is 2. The van der Waals surface area contributed by atoms with Gasteiger partial charge in [-0.05, 0) is 111 Å². The van der Waals surface area contributed by atoms with Gasteiger partial charge in [-0.3, -0.25) is 4.79 Å². The van der Waals surface area contributed by atoms with E-state index in [0.717, 1.165) is 98.7 Å². The van der Waals surface area contributed by atoms with Crippen molar-refractivity contribution < 1.29 is 63.8 Å². The van der Waals surface area contributed by atoms with Gasteiger partial charge in [0.2, 0.25) is 5.36 Å². The second-order valence-corrected chi connectivity index (χ2v) is 22.4. The Balaban J connectivity index is 0.000000156. The van der Waals surface area contributed by atoms with Crippen LogP contribution in [0.2, 0.25) is 20.1 Å². The molecule has 1 aliphatic carbocycles. The molecule has 18 nitrogen and oxygen atoms in total. The smallest absolute Gasteiger partial charge is 0.348 e. The third-order valence-electron chi connectivity index (χ3n) is 14.7. The van der Waals surface area contributed by atoms with E-state index in [2.05, 4.69) is 36.1 Å². The van der Waals surface area contributed by atoms with Gasteiger partial charge in [-0.15, -0.1) is 0 Å². The SMILES string of the molecule is CC(=O)O.Nc1cccc(O)c1.O=C(O)c1cc(Cl)c2c(c1Cl)C(=O)OC2=O.O=C([O-])c1c(Cl)ccc(Cl)c1-c1c2ccc(=[N+]3CCCC3)cc-2oc2cc(N3CCCC3)ccc12.Oc1cccc(N2CCCC2)c1.Oc1cccc(N2CCCC2)c1. The van der Waals surface area contributed by atoms with Crippen molar-refractivity contribution in [2.24, 2.45) is 0 Å². The molecule has 13 rings (SSSR count). The molecule has 7 N–H and O–H groups in total. The minimum atomic E-state index is -1.36. The van der Waals surface area contributed by atoms with E-state index in [0.29, 0.717) is 44.7 Å². The lowest BCUT2D eigenvalue weighted by Gasteiger charge is -2.22. The first kappa shape index (κ1) is 64.3. The Bertz CT molecular complexity index is 3810. The molecule has 7 aliphatic rings. The van der Waals surface area contributed by atoms with E-state index in [9.17, 15) is 34.5 Å². The number of halogens is 4. The Morgan fingerprint density at radius 2 is 1.05 bits per heavy atom. The van der Waals surface area contributed by atoms with Gasteiger partial charge in [0.25, 0.3) is 5.97 Å². The van der Waals surface area contributed by atoms with E-state index in [1.54, 1.807) is 36.4 Å². The van der Waals surface area contributed by atoms with Crippen molar-refractivity contribution in [3.63, 3.8) is 0 Å². The summed E-state index contributed by atoms with van der Waals surface area (Å²) in [5, 5.41) is 57.4. The van der Waals surface area contributed by atoms with E-state index in [1.165, 1.54) is 63.5 Å². The van der Waals surface area contributed by atoms with Crippen molar-refractivity contribution in [2.45, 2.75) is 58.3 Å². The summed E-state index contributed by atoms with van der Waals surface area (Å²) < 4.78 is 13.1. The number of aromatic hydroxyl groups is 3. The quantitative estimate of drug-likeness (QED) is 0.0297. The third-order valence-corrected chi connectivity index (χ3v) is 16.0. The average Bonchev–Trinajstić information content (AvgIpc) is 1.18. The topological polar surface area (TPSA) is 271 Å². The molecule has 0 radical (unpaired) electrons. The van der Waals surface area contributed by atoms with E-state index >= 15 is 0 Å². The predicted octanol–water partition coefficient (Wildman–Crippen LogP) is 12.1. The van der Waals surface area contributed by atoms with Crippen molar-refractivity contribution in [2.75, 3.05) is 72.8 Å². The molecular weight excluding hydrogens is 1200 g/mol. The first-order chi connectivity index (χ1) is 41.7. The van der Waals surface area contributed by atoms with Crippen LogP contribution >= 0.6 is 46.4 Å². The summed E-state index contributed by atoms with van der Waals surface area (Å²) in [6.07, 6.45) is 9.78. The van der Waals surface area contributed by atoms with Crippen LogP contribution in [0.3, 0.4) is 0 Å². The van der Waals surface area contributed by atoms with Gasteiger partial charge in [0, 0.05) is 145 Å². The summed E-state index contributed by atoms with van der Waals surface area (Å²) in [7, 11) is 0. The summed E-state index contributed by atoms with van der Waals surface area (Å²) in [5.41, 5.74) is 10.8. The highest BCUT2D eigenvalue weighted by Crippen LogP contribution is 2.46. The van der Waals surface area contributed by atoms with Crippen molar-refractivity contribution >= 4 is 110 Å². The fourth-order valence-corrected chi connectivity index (χ4v) is 11.8. The minimum Gasteiger partial charge on any atom is -0.545 e. The van der Waals surface area contributed by atoms with Crippen molar-refractivity contribution in [3.05, 3.63) is 175 Å². The number of anilines is 4. The van der Waals surface area contributed by atoms with Gasteiger partial charge >= 0.3 is 17.9 Å². The maximum absolute atomic E-state index is 12.2. The number of nitrogens with zero attached hydrogens (tertiary/aromatic N) is 4. The lowest BCUT2D eigenvalue weighted by atomic mass is 9.90. The van der Waals surface area contributed by atoms with Gasteiger partial charge in [-0.1, -0.05) is 64.6 Å². The zero-order valence-corrected chi connectivity index (χ0v) is 50.3. The van der Waals surface area contributed by atoms with Gasteiger partial charge in [-0.25, -0.2) is 19.0 Å². The Kier molecular flexibility index (Phi) is 21.9. The molecule has 6 heterocycles. The number of carbonyl (C=O) groups is 5. The highest BCUT2D eigenvalue weighted by Gasteiger charge is 2.37. The Hall–Kier alpha value is -8.68. The standard InChI is InChI=1S/C28H24Cl2N2O3.2C10H13NO.C9H2Cl2O5.C6H7NO.C2H4O2/c29-21-9-10-22(30)27(28(33)34)26(21)25-19-7-5-17(31-11-1-2-12-31)15-23(19)35-24-16-18(6-8-20(24)25)32-13-3-4-14-32;2*12-10-5-3-4-9(8-10)11-6-1-2-7-11;10-3-1-2(7(12)13)6(11)5-4(3)8(14)16-9(5)15;7-5-2-1-3-6(8)4-5;1-2(3)4/h5-10,15-16H,1-4,11-14H2;2*3-5,8,12H,1-2,6-7H2;1H,(H,12,13);1-4,8H,7H2;1H3,(H,3,4). The lowest BCUT2D eigenvalue weighted by molar-refractivity contribution is -0.254. The number of carboxylic acids is 3. The fourth-order valence-electron chi connectivity index (χ4n) is 10.7. The number of nitrogens with two attached hydrogens (primary N) is 1. The molecule has 4 saturated heterocycles. The van der Waals surface area contributed by atoms with Gasteiger partial charge in [0.15, 0.2) is 0 Å². The number of fused-ring (bicyclic) bond motifs is 3. The van der Waals surface area contributed by atoms with Crippen LogP contribution in [0.15, 0.2) is 132 Å². The van der Waals surface area contributed by atoms with Crippen LogP contribution in [0, 0.1) is 0 Å². The average molecular weight is 1260 g/mol. The van der Waals surface area contributed by atoms with Crippen molar-refractivity contribution in [1.82, 2.24) is 4.58 Å². The summed E-state index contributed by atoms with van der Waals surface area (Å²) in [6, 6.07) is 37.8. The van der Waals surface area contributed by atoms with E-state index < -0.39 is 29.8 Å². The van der Waals surface area contributed by atoms with Crippen LogP contribution in [-0.4, -0.2) is 108 Å². The Morgan fingerprint density at radius 1 is 0.552 bits per heavy atom. The van der Waals surface area contributed by atoms with Gasteiger partial charge < -0.3 is 65.0 Å². The number of ether oxygens (including phenoxy) is 1. The van der Waals surface area contributed by atoms with Crippen LogP contribution < -0.4 is 35.5 Å². The monoisotopic (exact) mass is 1260 g/mol. The first-order valence-electron chi connectivity index (χ1n) is 28.1. The predicted molar refractivity (Wildman–Crippen MR) is 336 cm³/mol. The zero-order valence-electron chi connectivity index (χ0n) is 47.3. The number of phenolic OH excluding ortho intramolecular Hbond substituents is 3. The molecule has 0 bridgehead atoms. The third kappa shape index (κ3) is 16.2. The number of hydrogen-bond acceptors (Lipinski definition) is 15. The van der Waals surface area contributed by atoms with Gasteiger partial charge in [0.1, 0.15) is 41.7 Å². The number of nitrogen functional groups attached to an aromatic ring is 1. The molecule has 6 aliphatic heterocycles. The second-order valence-electron chi connectivity index (χ2n) is 20.8. The maximum atomic E-state index is 12.2. The molecule has 0 saturated carbocycles. The van der Waals surface area contributed by atoms with Crippen LogP contribution in [0.1, 0.15) is 99.7 Å². The van der Waals surface area contributed by atoms with Gasteiger partial charge in [0.05, 0.1) is 43.8 Å². The van der Waals surface area contributed by atoms with E-state index in [1.807, 2.05) is 60.7 Å². The number of aliphatic carboxylic acids is 1. The Morgan fingerprint density at radius 3 is 1.53 bits per heavy atom. The zero-order chi connectivity index (χ0) is 62.5. The van der Waals surface area contributed by atoms with Crippen molar-refractivity contribution in [3.8, 4) is 39.7 Å². The normalized spacial score (nSPS) is 14.7. The molecule has 0 amide bonds. The largest absolute Gasteiger partial charge is 0.545 e. The molecule has 4 fully saturated rings. The van der Waals surface area contributed by atoms with Crippen LogP contribution in [0.25, 0.3) is 33.4 Å². The molecule has 0 aromatic heterocycles. The summed E-state index contributed by atoms with van der Waals surface area (Å²) in [4.78, 5) is 61.4. The molecule has 22 heteroatoms. The lowest BCUT2D eigenvalue weighted by Crippen LogP contribution is -2.26. The van der Waals surface area contributed by atoms with Crippen molar-refractivity contribution in [1.29, 1.82) is 0 Å². The number of esters is 2. The number of carboxylic acid groups (broad SMARTS) is 3. The maximum Gasteiger partial charge on any atom is 0.348 e. The van der Waals surface area contributed by atoms with Crippen LogP contribution in [0.4, 0.5) is 22.7 Å². The molecular formula is C65H63Cl4N5O13. The fraction of sp³-hybridized carbons (Fsp3) is 0.262. The molecule has 6 aromatic rings. The van der Waals surface area contributed by atoms with Crippen LogP contribution in [-0.2, 0) is 9.53 Å². The molecule has 0 atom stereocenters. The number of phenols is 3. The van der Waals surface area contributed by atoms with Crippen LogP contribution in [0.5, 0.6) is 17.2 Å². The summed E-state index contributed by atoms with van der Waals surface area (Å²) in [5.74, 6) is -3.85. The number of benzene rings is 7. The number of rotatable bonds is 6. The highest BCUT2D eigenvalue weighted by molar-refractivity contribution is 6.42. The number of hydrogen-bond donors (Lipinski definition) is 6. The first-order valence-corrected chi connectivity index (χ1v) is 29.6. The Labute approximate surface area is 521 Å². The van der Waals surface area contributed by atoms with Gasteiger partial charge in [-0.2, -0.15) is 0 Å².